The smallest absolute Gasteiger partial charge is 0.0511 e. The molecule has 0 heterocycles. The van der Waals surface area contributed by atoms with Crippen LogP contribution in [0.2, 0.25) is 5.02 Å². The fourth-order valence-electron chi connectivity index (χ4n) is 2.09. The van der Waals surface area contributed by atoms with E-state index < -0.39 is 0 Å². The lowest BCUT2D eigenvalue weighted by Gasteiger charge is -2.19. The van der Waals surface area contributed by atoms with Crippen LogP contribution >= 0.6 is 27.5 Å². The Kier molecular flexibility index (Phi) is 4.89. The number of hydrogen-bond acceptors (Lipinski definition) is 1. The van der Waals surface area contributed by atoms with Crippen molar-refractivity contribution in [1.82, 2.24) is 0 Å². The van der Waals surface area contributed by atoms with Crippen molar-refractivity contribution in [1.29, 1.82) is 0 Å². The molecule has 2 rings (SSSR count). The zero-order valence-corrected chi connectivity index (χ0v) is 13.4. The summed E-state index contributed by atoms with van der Waals surface area (Å²) in [6, 6.07) is 14.7. The largest absolute Gasteiger partial charge is 0.378 e. The Labute approximate surface area is 128 Å². The Hall–Kier alpha value is -0.990. The van der Waals surface area contributed by atoms with Crippen LogP contribution in [0.3, 0.4) is 0 Å². The molecule has 1 nitrogen and oxygen atoms in total. The van der Waals surface area contributed by atoms with Crippen LogP contribution in [0, 0.1) is 6.92 Å². The number of hydrogen-bond donors (Lipinski definition) is 1. The Morgan fingerprint density at radius 1 is 1.21 bits per heavy atom. The molecule has 0 saturated carbocycles. The van der Waals surface area contributed by atoms with Gasteiger partial charge in [-0.15, -0.1) is 0 Å². The number of halogens is 2. The van der Waals surface area contributed by atoms with Crippen LogP contribution < -0.4 is 5.32 Å². The third-order valence-corrected chi connectivity index (χ3v) is 4.08. The third-order valence-electron chi connectivity index (χ3n) is 3.16. The summed E-state index contributed by atoms with van der Waals surface area (Å²) in [5.74, 6) is 0. The van der Waals surface area contributed by atoms with Gasteiger partial charge in [-0.1, -0.05) is 52.7 Å². The topological polar surface area (TPSA) is 12.0 Å². The van der Waals surface area contributed by atoms with Crippen LogP contribution in [0.4, 0.5) is 5.69 Å². The molecule has 19 heavy (non-hydrogen) atoms. The SMILES string of the molecule is CCC(Nc1cccc(Br)c1)c1ccc(Cl)c(C)c1. The minimum atomic E-state index is 0.297. The Balaban J connectivity index is 2.22. The molecule has 0 aliphatic heterocycles. The van der Waals surface area contributed by atoms with Gasteiger partial charge in [0.15, 0.2) is 0 Å². The van der Waals surface area contributed by atoms with E-state index in [2.05, 4.69) is 52.4 Å². The highest BCUT2D eigenvalue weighted by molar-refractivity contribution is 9.10. The average molecular weight is 339 g/mol. The minimum absolute atomic E-state index is 0.297. The van der Waals surface area contributed by atoms with Gasteiger partial charge in [-0.3, -0.25) is 0 Å². The van der Waals surface area contributed by atoms with Gasteiger partial charge < -0.3 is 5.32 Å². The van der Waals surface area contributed by atoms with Crippen LogP contribution in [0.15, 0.2) is 46.9 Å². The molecule has 0 spiro atoms. The fraction of sp³-hybridized carbons (Fsp3) is 0.250. The van der Waals surface area contributed by atoms with E-state index in [1.54, 1.807) is 0 Å². The van der Waals surface area contributed by atoms with Crippen LogP contribution in [0.25, 0.3) is 0 Å². The quantitative estimate of drug-likeness (QED) is 0.723. The molecule has 0 bridgehead atoms. The van der Waals surface area contributed by atoms with Crippen LogP contribution in [-0.2, 0) is 0 Å². The van der Waals surface area contributed by atoms with Gasteiger partial charge in [0.2, 0.25) is 0 Å². The lowest BCUT2D eigenvalue weighted by Crippen LogP contribution is -2.09. The third kappa shape index (κ3) is 3.74. The molecule has 1 N–H and O–H groups in total. The number of nitrogens with one attached hydrogen (secondary N) is 1. The zero-order chi connectivity index (χ0) is 13.8. The van der Waals surface area contributed by atoms with Gasteiger partial charge in [-0.05, 0) is 48.7 Å². The first-order chi connectivity index (χ1) is 9.10. The first-order valence-corrected chi connectivity index (χ1v) is 7.55. The van der Waals surface area contributed by atoms with Gasteiger partial charge in [0.25, 0.3) is 0 Å². The summed E-state index contributed by atoms with van der Waals surface area (Å²) in [7, 11) is 0. The van der Waals surface area contributed by atoms with E-state index in [0.717, 1.165) is 27.2 Å². The highest BCUT2D eigenvalue weighted by atomic mass is 79.9. The summed E-state index contributed by atoms with van der Waals surface area (Å²) in [6.07, 6.45) is 1.02. The van der Waals surface area contributed by atoms with Gasteiger partial charge in [-0.2, -0.15) is 0 Å². The number of anilines is 1. The molecule has 0 aliphatic rings. The fourth-order valence-corrected chi connectivity index (χ4v) is 2.60. The molecule has 0 fully saturated rings. The van der Waals surface area contributed by atoms with Crippen LogP contribution in [0.5, 0.6) is 0 Å². The Morgan fingerprint density at radius 2 is 2.00 bits per heavy atom. The van der Waals surface area contributed by atoms with E-state index in [0.29, 0.717) is 6.04 Å². The maximum Gasteiger partial charge on any atom is 0.0511 e. The normalized spacial score (nSPS) is 12.2. The second-order valence-corrected chi connectivity index (χ2v) is 5.95. The lowest BCUT2D eigenvalue weighted by atomic mass is 10.0. The molecule has 0 saturated heterocycles. The predicted molar refractivity (Wildman–Crippen MR) is 87.0 cm³/mol. The summed E-state index contributed by atoms with van der Waals surface area (Å²) < 4.78 is 1.08. The summed E-state index contributed by atoms with van der Waals surface area (Å²) in [4.78, 5) is 0. The van der Waals surface area contributed by atoms with Gasteiger partial charge in [0.1, 0.15) is 0 Å². The first kappa shape index (κ1) is 14.4. The molecule has 1 unspecified atom stereocenters. The standard InChI is InChI=1S/C16H17BrClN/c1-3-16(12-7-8-15(18)11(2)9-12)19-14-6-4-5-13(17)10-14/h4-10,16,19H,3H2,1-2H3. The van der Waals surface area contributed by atoms with Crippen LogP contribution in [-0.4, -0.2) is 0 Å². The minimum Gasteiger partial charge on any atom is -0.378 e. The zero-order valence-electron chi connectivity index (χ0n) is 11.1. The molecular weight excluding hydrogens is 322 g/mol. The Morgan fingerprint density at radius 3 is 2.63 bits per heavy atom. The van der Waals surface area contributed by atoms with Gasteiger partial charge in [0, 0.05) is 15.2 Å². The molecule has 2 aromatic carbocycles. The second-order valence-electron chi connectivity index (χ2n) is 4.62. The van der Waals surface area contributed by atoms with E-state index in [-0.39, 0.29) is 0 Å². The molecule has 100 valence electrons. The second kappa shape index (κ2) is 6.44. The van der Waals surface area contributed by atoms with Gasteiger partial charge in [-0.25, -0.2) is 0 Å². The van der Waals surface area contributed by atoms with Crippen LogP contribution in [0.1, 0.15) is 30.5 Å². The summed E-state index contributed by atoms with van der Waals surface area (Å²) in [5, 5.41) is 4.38. The van der Waals surface area contributed by atoms with E-state index in [4.69, 9.17) is 11.6 Å². The van der Waals surface area contributed by atoms with Crippen molar-refractivity contribution < 1.29 is 0 Å². The van der Waals surface area contributed by atoms with Gasteiger partial charge in [0.05, 0.1) is 6.04 Å². The highest BCUT2D eigenvalue weighted by Gasteiger charge is 2.10. The van der Waals surface area contributed by atoms with E-state index >= 15 is 0 Å². The molecule has 0 amide bonds. The number of benzene rings is 2. The van der Waals surface area contributed by atoms with Crippen molar-refractivity contribution in [2.45, 2.75) is 26.3 Å². The molecule has 0 aromatic heterocycles. The molecule has 3 heteroatoms. The highest BCUT2D eigenvalue weighted by Crippen LogP contribution is 2.27. The van der Waals surface area contributed by atoms with E-state index in [9.17, 15) is 0 Å². The Bertz CT molecular complexity index is 568. The molecule has 0 aliphatic carbocycles. The predicted octanol–water partition coefficient (Wildman–Crippen LogP) is 5.97. The maximum atomic E-state index is 6.08. The molecule has 0 radical (unpaired) electrons. The van der Waals surface area contributed by atoms with E-state index in [1.807, 2.05) is 25.1 Å². The molecule has 2 aromatic rings. The first-order valence-electron chi connectivity index (χ1n) is 6.38. The molecule has 1 atom stereocenters. The summed E-state index contributed by atoms with van der Waals surface area (Å²) in [5.41, 5.74) is 3.51. The number of rotatable bonds is 4. The number of aryl methyl sites for hydroxylation is 1. The summed E-state index contributed by atoms with van der Waals surface area (Å²) in [6.45, 7) is 4.22. The van der Waals surface area contributed by atoms with Crippen molar-refractivity contribution >= 4 is 33.2 Å². The van der Waals surface area contributed by atoms with E-state index in [1.165, 1.54) is 5.56 Å². The van der Waals surface area contributed by atoms with Crippen molar-refractivity contribution in [2.24, 2.45) is 0 Å². The van der Waals surface area contributed by atoms with Crippen molar-refractivity contribution in [3.63, 3.8) is 0 Å². The monoisotopic (exact) mass is 337 g/mol. The van der Waals surface area contributed by atoms with Gasteiger partial charge >= 0.3 is 0 Å². The molecular formula is C16H17BrClN. The lowest BCUT2D eigenvalue weighted by molar-refractivity contribution is 0.748. The van der Waals surface area contributed by atoms with Crippen molar-refractivity contribution in [2.75, 3.05) is 5.32 Å². The van der Waals surface area contributed by atoms with Crippen molar-refractivity contribution in [3.05, 3.63) is 63.1 Å². The maximum absolute atomic E-state index is 6.08. The van der Waals surface area contributed by atoms with Crippen molar-refractivity contribution in [3.8, 4) is 0 Å². The average Bonchev–Trinajstić information content (AvgIpc) is 2.39. The summed E-state index contributed by atoms with van der Waals surface area (Å²) >= 11 is 9.58.